The average molecular weight is 236 g/mol. The molecule has 0 amide bonds. The maximum absolute atomic E-state index is 3.99. The Bertz CT molecular complexity index is 253. The van der Waals surface area contributed by atoms with Gasteiger partial charge in [0.05, 0.1) is 0 Å². The van der Waals surface area contributed by atoms with Crippen molar-refractivity contribution < 1.29 is 0 Å². The number of hydrogen-bond donors (Lipinski definition) is 1. The van der Waals surface area contributed by atoms with Crippen LogP contribution in [0.5, 0.6) is 0 Å². The molecule has 1 saturated carbocycles. The molecule has 98 valence electrons. The number of piperidine rings is 1. The third-order valence-electron chi connectivity index (χ3n) is 5.38. The second kappa shape index (κ2) is 5.27. The highest BCUT2D eigenvalue weighted by molar-refractivity contribution is 4.91. The predicted molar refractivity (Wildman–Crippen MR) is 72.2 cm³/mol. The zero-order chi connectivity index (χ0) is 11.7. The van der Waals surface area contributed by atoms with Gasteiger partial charge in [-0.2, -0.15) is 0 Å². The minimum atomic E-state index is 0.819. The van der Waals surface area contributed by atoms with Crippen LogP contribution in [0.1, 0.15) is 58.3 Å². The molecule has 0 bridgehead atoms. The minimum Gasteiger partial charge on any atom is -0.311 e. The standard InChI is InChI=1S/C15H28N2/c1-12-5-2-3-7-15(12)16-13-8-10-17-9-4-6-14(17)11-13/h12-16H,2-11H2,1H3. The van der Waals surface area contributed by atoms with Crippen molar-refractivity contribution in [3.05, 3.63) is 0 Å². The van der Waals surface area contributed by atoms with Crippen molar-refractivity contribution in [2.75, 3.05) is 13.1 Å². The topological polar surface area (TPSA) is 15.3 Å². The Kier molecular flexibility index (Phi) is 3.72. The van der Waals surface area contributed by atoms with Crippen molar-refractivity contribution in [1.82, 2.24) is 10.2 Å². The molecule has 2 heterocycles. The highest BCUT2D eigenvalue weighted by atomic mass is 15.2. The van der Waals surface area contributed by atoms with Crippen LogP contribution in [0.4, 0.5) is 0 Å². The largest absolute Gasteiger partial charge is 0.311 e. The first-order chi connectivity index (χ1) is 8.33. The van der Waals surface area contributed by atoms with Crippen molar-refractivity contribution in [2.24, 2.45) is 5.92 Å². The van der Waals surface area contributed by atoms with E-state index in [9.17, 15) is 0 Å². The van der Waals surface area contributed by atoms with E-state index in [2.05, 4.69) is 17.1 Å². The van der Waals surface area contributed by atoms with Gasteiger partial charge in [0.2, 0.25) is 0 Å². The molecule has 0 spiro atoms. The van der Waals surface area contributed by atoms with Crippen molar-refractivity contribution in [3.63, 3.8) is 0 Å². The van der Waals surface area contributed by atoms with Crippen molar-refractivity contribution in [1.29, 1.82) is 0 Å². The first-order valence-electron chi connectivity index (χ1n) is 7.83. The second-order valence-electron chi connectivity index (χ2n) is 6.59. The van der Waals surface area contributed by atoms with E-state index in [4.69, 9.17) is 0 Å². The number of nitrogens with one attached hydrogen (secondary N) is 1. The molecule has 3 rings (SSSR count). The average Bonchev–Trinajstić information content (AvgIpc) is 2.79. The zero-order valence-electron chi connectivity index (χ0n) is 11.3. The lowest BCUT2D eigenvalue weighted by Gasteiger charge is -2.39. The summed E-state index contributed by atoms with van der Waals surface area (Å²) in [4.78, 5) is 2.72. The maximum Gasteiger partial charge on any atom is 0.0111 e. The van der Waals surface area contributed by atoms with Gasteiger partial charge in [-0.25, -0.2) is 0 Å². The molecule has 4 atom stereocenters. The van der Waals surface area contributed by atoms with E-state index in [-0.39, 0.29) is 0 Å². The Morgan fingerprint density at radius 1 is 0.941 bits per heavy atom. The molecule has 4 unspecified atom stereocenters. The molecule has 0 radical (unpaired) electrons. The van der Waals surface area contributed by atoms with Crippen molar-refractivity contribution in [2.45, 2.75) is 76.4 Å². The molecule has 17 heavy (non-hydrogen) atoms. The lowest BCUT2D eigenvalue weighted by Crippen LogP contribution is -2.50. The van der Waals surface area contributed by atoms with Crippen molar-refractivity contribution >= 4 is 0 Å². The van der Waals surface area contributed by atoms with E-state index in [1.165, 1.54) is 64.5 Å². The molecular weight excluding hydrogens is 208 g/mol. The number of nitrogens with zero attached hydrogens (tertiary/aromatic N) is 1. The fourth-order valence-corrected chi connectivity index (χ4v) is 4.24. The van der Waals surface area contributed by atoms with Gasteiger partial charge >= 0.3 is 0 Å². The molecule has 0 aromatic carbocycles. The van der Waals surface area contributed by atoms with E-state index in [0.29, 0.717) is 0 Å². The maximum atomic E-state index is 3.99. The smallest absolute Gasteiger partial charge is 0.0111 e. The van der Waals surface area contributed by atoms with E-state index in [1.54, 1.807) is 0 Å². The van der Waals surface area contributed by atoms with Crippen LogP contribution in [0, 0.1) is 5.92 Å². The molecule has 2 heteroatoms. The number of fused-ring (bicyclic) bond motifs is 1. The third-order valence-corrected chi connectivity index (χ3v) is 5.38. The number of hydrogen-bond acceptors (Lipinski definition) is 2. The van der Waals surface area contributed by atoms with E-state index in [0.717, 1.165) is 24.0 Å². The van der Waals surface area contributed by atoms with Crippen LogP contribution in [0.25, 0.3) is 0 Å². The molecule has 0 aromatic heterocycles. The van der Waals surface area contributed by atoms with Crippen LogP contribution in [0.2, 0.25) is 0 Å². The van der Waals surface area contributed by atoms with E-state index < -0.39 is 0 Å². The highest BCUT2D eigenvalue weighted by Crippen LogP contribution is 2.29. The lowest BCUT2D eigenvalue weighted by atomic mass is 9.84. The molecule has 3 aliphatic rings. The van der Waals surface area contributed by atoms with Gasteiger partial charge in [0.1, 0.15) is 0 Å². The summed E-state index contributed by atoms with van der Waals surface area (Å²) in [5, 5.41) is 3.99. The van der Waals surface area contributed by atoms with Crippen LogP contribution in [-0.2, 0) is 0 Å². The summed E-state index contributed by atoms with van der Waals surface area (Å²) in [6.45, 7) is 5.17. The van der Waals surface area contributed by atoms with Crippen molar-refractivity contribution in [3.8, 4) is 0 Å². The predicted octanol–water partition coefficient (Wildman–Crippen LogP) is 2.78. The molecule has 2 nitrogen and oxygen atoms in total. The molecule has 1 N–H and O–H groups in total. The van der Waals surface area contributed by atoms with Gasteiger partial charge in [-0.1, -0.05) is 19.8 Å². The molecule has 2 saturated heterocycles. The Hall–Kier alpha value is -0.0800. The first-order valence-corrected chi connectivity index (χ1v) is 7.83. The molecule has 2 aliphatic heterocycles. The normalized spacial score (nSPS) is 43.6. The summed E-state index contributed by atoms with van der Waals surface area (Å²) in [7, 11) is 0. The third kappa shape index (κ3) is 2.68. The Balaban J connectivity index is 1.51. The minimum absolute atomic E-state index is 0.819. The highest BCUT2D eigenvalue weighted by Gasteiger charge is 2.33. The molecule has 3 fully saturated rings. The van der Waals surface area contributed by atoms with Crippen LogP contribution >= 0.6 is 0 Å². The van der Waals surface area contributed by atoms with Crippen LogP contribution in [0.15, 0.2) is 0 Å². The SMILES string of the molecule is CC1CCCCC1NC1CCN2CCCC2C1. The lowest BCUT2D eigenvalue weighted by molar-refractivity contribution is 0.146. The fourth-order valence-electron chi connectivity index (χ4n) is 4.24. The molecular formula is C15H28N2. The van der Waals surface area contributed by atoms with Crippen LogP contribution in [0.3, 0.4) is 0 Å². The van der Waals surface area contributed by atoms with Crippen LogP contribution in [-0.4, -0.2) is 36.1 Å². The summed E-state index contributed by atoms with van der Waals surface area (Å²) in [5.74, 6) is 0.908. The van der Waals surface area contributed by atoms with E-state index >= 15 is 0 Å². The van der Waals surface area contributed by atoms with Gasteiger partial charge in [-0.15, -0.1) is 0 Å². The Labute approximate surface area is 106 Å². The van der Waals surface area contributed by atoms with Gasteiger partial charge in [0.25, 0.3) is 0 Å². The Morgan fingerprint density at radius 2 is 1.82 bits per heavy atom. The zero-order valence-corrected chi connectivity index (χ0v) is 11.3. The van der Waals surface area contributed by atoms with Gasteiger partial charge in [-0.05, 0) is 57.5 Å². The summed E-state index contributed by atoms with van der Waals surface area (Å²) < 4.78 is 0. The quantitative estimate of drug-likeness (QED) is 0.793. The summed E-state index contributed by atoms with van der Waals surface area (Å²) >= 11 is 0. The summed E-state index contributed by atoms with van der Waals surface area (Å²) in [5.41, 5.74) is 0. The van der Waals surface area contributed by atoms with Crippen LogP contribution < -0.4 is 5.32 Å². The molecule has 1 aliphatic carbocycles. The first kappa shape index (κ1) is 12.0. The van der Waals surface area contributed by atoms with Gasteiger partial charge < -0.3 is 10.2 Å². The second-order valence-corrected chi connectivity index (χ2v) is 6.59. The molecule has 0 aromatic rings. The monoisotopic (exact) mass is 236 g/mol. The fraction of sp³-hybridized carbons (Fsp3) is 1.00. The van der Waals surface area contributed by atoms with Gasteiger partial charge in [0.15, 0.2) is 0 Å². The number of rotatable bonds is 2. The van der Waals surface area contributed by atoms with Gasteiger partial charge in [0, 0.05) is 18.1 Å². The van der Waals surface area contributed by atoms with E-state index in [1.807, 2.05) is 0 Å². The summed E-state index contributed by atoms with van der Waals surface area (Å²) in [6.07, 6.45) is 11.5. The summed E-state index contributed by atoms with van der Waals surface area (Å²) in [6, 6.07) is 2.56. The van der Waals surface area contributed by atoms with Gasteiger partial charge in [-0.3, -0.25) is 0 Å². The Morgan fingerprint density at radius 3 is 2.71 bits per heavy atom.